The fraction of sp³-hybridized carbons (Fsp3) is 0.250. The Morgan fingerprint density at radius 1 is 1.31 bits per heavy atom. The molecular weight excluding hydrogens is 236 g/mol. The highest BCUT2D eigenvalue weighted by Crippen LogP contribution is 2.38. The Bertz CT molecular complexity index is 412. The molecule has 0 radical (unpaired) electrons. The predicted molar refractivity (Wildman–Crippen MR) is 70.8 cm³/mol. The summed E-state index contributed by atoms with van der Waals surface area (Å²) in [5.74, 6) is 0. The molecule has 2 aromatic heterocycles. The first-order valence-corrected chi connectivity index (χ1v) is 6.90. The van der Waals surface area contributed by atoms with Crippen molar-refractivity contribution >= 4 is 23.1 Å². The average molecular weight is 250 g/mol. The van der Waals surface area contributed by atoms with Gasteiger partial charge in [-0.1, -0.05) is 12.1 Å². The van der Waals surface area contributed by atoms with Gasteiger partial charge in [-0.2, -0.15) is 0 Å². The number of thioether (sulfide) groups is 1. The maximum Gasteiger partial charge on any atom is 0.0673 e. The molecule has 0 aromatic carbocycles. The second-order valence-electron chi connectivity index (χ2n) is 3.58. The fourth-order valence-corrected chi connectivity index (χ4v) is 3.47. The number of thiophene rings is 1. The van der Waals surface area contributed by atoms with E-state index in [1.807, 2.05) is 31.3 Å². The molecule has 0 aliphatic carbocycles. The smallest absolute Gasteiger partial charge is 0.0673 e. The number of hydrogen-bond acceptors (Lipinski definition) is 4. The van der Waals surface area contributed by atoms with Crippen LogP contribution in [0.15, 0.2) is 46.1 Å². The first-order valence-electron chi connectivity index (χ1n) is 5.14. The zero-order valence-corrected chi connectivity index (χ0v) is 10.7. The largest absolute Gasteiger partial charge is 0.327 e. The highest BCUT2D eigenvalue weighted by Gasteiger charge is 2.19. The molecule has 84 valence electrons. The van der Waals surface area contributed by atoms with Crippen molar-refractivity contribution in [1.29, 1.82) is 0 Å². The minimum Gasteiger partial charge on any atom is -0.327 e. The van der Waals surface area contributed by atoms with Gasteiger partial charge in [0.05, 0.1) is 15.2 Å². The number of pyridine rings is 1. The molecule has 0 aliphatic rings. The molecular formula is C12H14N2S2. The minimum absolute atomic E-state index is 0.0852. The van der Waals surface area contributed by atoms with Gasteiger partial charge in [0.15, 0.2) is 0 Å². The molecule has 2 rings (SSSR count). The van der Waals surface area contributed by atoms with Crippen molar-refractivity contribution in [1.82, 2.24) is 4.98 Å². The third-order valence-electron chi connectivity index (χ3n) is 2.20. The van der Waals surface area contributed by atoms with Gasteiger partial charge >= 0.3 is 0 Å². The molecule has 0 spiro atoms. The number of nitrogens with two attached hydrogens (primary N) is 1. The molecule has 2 unspecified atom stereocenters. The Labute approximate surface area is 104 Å². The van der Waals surface area contributed by atoms with E-state index >= 15 is 0 Å². The topological polar surface area (TPSA) is 38.9 Å². The van der Waals surface area contributed by atoms with Crippen LogP contribution in [0.3, 0.4) is 0 Å². The molecule has 0 saturated heterocycles. The lowest BCUT2D eigenvalue weighted by atomic mass is 10.2. The third kappa shape index (κ3) is 2.84. The maximum atomic E-state index is 6.03. The van der Waals surface area contributed by atoms with Gasteiger partial charge in [0.1, 0.15) is 0 Å². The van der Waals surface area contributed by atoms with Crippen LogP contribution in [-0.4, -0.2) is 11.0 Å². The molecule has 2 heterocycles. The van der Waals surface area contributed by atoms with Gasteiger partial charge in [-0.05, 0) is 30.5 Å². The van der Waals surface area contributed by atoms with Crippen molar-refractivity contribution in [3.63, 3.8) is 0 Å². The van der Waals surface area contributed by atoms with Crippen molar-refractivity contribution in [3.05, 3.63) is 47.6 Å². The predicted octanol–water partition coefficient (Wildman–Crippen LogP) is 3.32. The van der Waals surface area contributed by atoms with E-state index in [0.29, 0.717) is 0 Å². The summed E-state index contributed by atoms with van der Waals surface area (Å²) < 4.78 is 1.29. The zero-order chi connectivity index (χ0) is 11.4. The highest BCUT2D eigenvalue weighted by atomic mass is 32.2. The zero-order valence-electron chi connectivity index (χ0n) is 9.04. The van der Waals surface area contributed by atoms with Crippen LogP contribution in [0, 0.1) is 0 Å². The minimum atomic E-state index is 0.0852. The van der Waals surface area contributed by atoms with Crippen LogP contribution in [0.25, 0.3) is 0 Å². The Hall–Kier alpha value is -0.840. The third-order valence-corrected chi connectivity index (χ3v) is 4.73. The van der Waals surface area contributed by atoms with Crippen molar-refractivity contribution < 1.29 is 0 Å². The molecule has 0 fully saturated rings. The second-order valence-corrected chi connectivity index (χ2v) is 5.97. The van der Waals surface area contributed by atoms with Gasteiger partial charge in [-0.25, -0.2) is 0 Å². The molecule has 0 aliphatic heterocycles. The summed E-state index contributed by atoms with van der Waals surface area (Å²) in [4.78, 5) is 4.38. The lowest BCUT2D eigenvalue weighted by Crippen LogP contribution is -2.23. The van der Waals surface area contributed by atoms with E-state index in [1.54, 1.807) is 23.1 Å². The van der Waals surface area contributed by atoms with Crippen molar-refractivity contribution in [2.45, 2.75) is 22.4 Å². The standard InChI is InChI=1S/C12H14N2S2/c1-9(13)12(10-5-2-3-7-14-10)16-11-6-4-8-15-11/h2-9,12H,13H2,1H3. The summed E-state index contributed by atoms with van der Waals surface area (Å²) in [5, 5.41) is 2.30. The fourth-order valence-electron chi connectivity index (χ4n) is 1.44. The molecule has 2 nitrogen and oxygen atoms in total. The van der Waals surface area contributed by atoms with Gasteiger partial charge in [-0.3, -0.25) is 4.98 Å². The van der Waals surface area contributed by atoms with Gasteiger partial charge in [0, 0.05) is 12.2 Å². The van der Waals surface area contributed by atoms with Crippen LogP contribution in [0.5, 0.6) is 0 Å². The molecule has 4 heteroatoms. The summed E-state index contributed by atoms with van der Waals surface area (Å²) >= 11 is 3.53. The normalized spacial score (nSPS) is 14.6. The highest BCUT2D eigenvalue weighted by molar-refractivity contribution is 8.01. The SMILES string of the molecule is CC(N)C(Sc1cccs1)c1ccccn1. The summed E-state index contributed by atoms with van der Waals surface area (Å²) in [6, 6.07) is 10.2. The molecule has 2 aromatic rings. The summed E-state index contributed by atoms with van der Waals surface area (Å²) in [7, 11) is 0. The van der Waals surface area contributed by atoms with E-state index in [2.05, 4.69) is 22.5 Å². The van der Waals surface area contributed by atoms with Gasteiger partial charge in [0.2, 0.25) is 0 Å². The molecule has 0 saturated carbocycles. The Balaban J connectivity index is 2.18. The molecule has 2 N–H and O–H groups in total. The van der Waals surface area contributed by atoms with Crippen LogP contribution in [0.2, 0.25) is 0 Å². The van der Waals surface area contributed by atoms with E-state index in [-0.39, 0.29) is 11.3 Å². The lowest BCUT2D eigenvalue weighted by Gasteiger charge is -2.18. The Kier molecular flexibility index (Phi) is 3.98. The second kappa shape index (κ2) is 5.48. The number of rotatable bonds is 4. The maximum absolute atomic E-state index is 6.03. The van der Waals surface area contributed by atoms with Crippen molar-refractivity contribution in [3.8, 4) is 0 Å². The van der Waals surface area contributed by atoms with Crippen molar-refractivity contribution in [2.75, 3.05) is 0 Å². The van der Waals surface area contributed by atoms with Crippen LogP contribution < -0.4 is 5.73 Å². The summed E-state index contributed by atoms with van der Waals surface area (Å²) in [6.45, 7) is 2.03. The van der Waals surface area contributed by atoms with E-state index in [1.165, 1.54) is 4.21 Å². The van der Waals surface area contributed by atoms with E-state index in [0.717, 1.165) is 5.69 Å². The first-order chi connectivity index (χ1) is 7.77. The van der Waals surface area contributed by atoms with E-state index in [4.69, 9.17) is 5.73 Å². The number of nitrogens with zero attached hydrogens (tertiary/aromatic N) is 1. The molecule has 2 atom stereocenters. The van der Waals surface area contributed by atoms with E-state index < -0.39 is 0 Å². The number of hydrogen-bond donors (Lipinski definition) is 1. The monoisotopic (exact) mass is 250 g/mol. The van der Waals surface area contributed by atoms with Crippen LogP contribution in [0.4, 0.5) is 0 Å². The Morgan fingerprint density at radius 3 is 2.75 bits per heavy atom. The van der Waals surface area contributed by atoms with Crippen molar-refractivity contribution in [2.24, 2.45) is 5.73 Å². The van der Waals surface area contributed by atoms with Crippen LogP contribution in [-0.2, 0) is 0 Å². The van der Waals surface area contributed by atoms with E-state index in [9.17, 15) is 0 Å². The molecule has 0 bridgehead atoms. The first kappa shape index (κ1) is 11.6. The summed E-state index contributed by atoms with van der Waals surface area (Å²) in [5.41, 5.74) is 7.08. The van der Waals surface area contributed by atoms with Gasteiger partial charge in [0.25, 0.3) is 0 Å². The summed E-state index contributed by atoms with van der Waals surface area (Å²) in [6.07, 6.45) is 1.82. The average Bonchev–Trinajstić information content (AvgIpc) is 2.79. The lowest BCUT2D eigenvalue weighted by molar-refractivity contribution is 0.706. The Morgan fingerprint density at radius 2 is 2.19 bits per heavy atom. The van der Waals surface area contributed by atoms with Gasteiger partial charge in [-0.15, -0.1) is 23.1 Å². The van der Waals surface area contributed by atoms with Gasteiger partial charge < -0.3 is 5.73 Å². The number of aromatic nitrogens is 1. The molecule has 0 amide bonds. The van der Waals surface area contributed by atoms with Crippen LogP contribution >= 0.6 is 23.1 Å². The van der Waals surface area contributed by atoms with Crippen LogP contribution in [0.1, 0.15) is 17.9 Å². The molecule has 16 heavy (non-hydrogen) atoms. The quantitative estimate of drug-likeness (QED) is 0.846.